The number of aliphatic hydroxyl groups is 1. The van der Waals surface area contributed by atoms with Gasteiger partial charge in [-0.3, -0.25) is 4.98 Å². The molecule has 2 nitrogen and oxygen atoms in total. The fourth-order valence-corrected chi connectivity index (χ4v) is 3.12. The van der Waals surface area contributed by atoms with Crippen LogP contribution in [0.15, 0.2) is 54.2 Å². The zero-order chi connectivity index (χ0) is 12.4. The Morgan fingerprint density at radius 2 is 1.89 bits per heavy atom. The van der Waals surface area contributed by atoms with Crippen LogP contribution < -0.4 is 0 Å². The van der Waals surface area contributed by atoms with Crippen molar-refractivity contribution in [3.63, 3.8) is 0 Å². The van der Waals surface area contributed by atoms with E-state index in [1.165, 1.54) is 4.70 Å². The molecule has 0 aliphatic rings. The van der Waals surface area contributed by atoms with Crippen molar-refractivity contribution in [2.24, 2.45) is 0 Å². The van der Waals surface area contributed by atoms with Gasteiger partial charge in [0.1, 0.15) is 0 Å². The lowest BCUT2D eigenvalue weighted by atomic mass is 10.0. The normalized spacial score (nSPS) is 12.7. The lowest BCUT2D eigenvalue weighted by molar-refractivity contribution is 0.180. The molecule has 3 aromatic rings. The zero-order valence-electron chi connectivity index (χ0n) is 9.78. The SMILES string of the molecule is OC(Cc1ccncc1)c1csc2ccccc12. The molecule has 3 heteroatoms. The Bertz CT molecular complexity index is 648. The number of pyridine rings is 1. The third-order valence-corrected chi connectivity index (χ3v) is 4.03. The molecule has 90 valence electrons. The van der Waals surface area contributed by atoms with Crippen LogP contribution in [0.2, 0.25) is 0 Å². The summed E-state index contributed by atoms with van der Waals surface area (Å²) in [7, 11) is 0. The van der Waals surface area contributed by atoms with E-state index in [2.05, 4.69) is 22.5 Å². The predicted octanol–water partition coefficient (Wildman–Crippen LogP) is 3.57. The van der Waals surface area contributed by atoms with E-state index in [0.717, 1.165) is 16.5 Å². The molecule has 1 unspecified atom stereocenters. The molecule has 3 rings (SSSR count). The van der Waals surface area contributed by atoms with Crippen molar-refractivity contribution in [3.8, 4) is 0 Å². The summed E-state index contributed by atoms with van der Waals surface area (Å²) >= 11 is 1.68. The summed E-state index contributed by atoms with van der Waals surface area (Å²) in [4.78, 5) is 3.99. The maximum Gasteiger partial charge on any atom is 0.0844 e. The Kier molecular flexibility index (Phi) is 3.09. The zero-order valence-corrected chi connectivity index (χ0v) is 10.6. The van der Waals surface area contributed by atoms with Gasteiger partial charge in [-0.2, -0.15) is 0 Å². The summed E-state index contributed by atoms with van der Waals surface area (Å²) in [5.74, 6) is 0. The number of hydrogen-bond donors (Lipinski definition) is 1. The number of aliphatic hydroxyl groups excluding tert-OH is 1. The fourth-order valence-electron chi connectivity index (χ4n) is 2.11. The number of thiophene rings is 1. The first-order valence-electron chi connectivity index (χ1n) is 5.87. The van der Waals surface area contributed by atoms with Crippen molar-refractivity contribution in [2.45, 2.75) is 12.5 Å². The standard InChI is InChI=1S/C15H13NOS/c17-14(9-11-5-7-16-8-6-11)13-10-18-15-4-2-1-3-12(13)15/h1-8,10,14,17H,9H2. The summed E-state index contributed by atoms with van der Waals surface area (Å²) in [6.07, 6.45) is 3.69. The number of rotatable bonds is 3. The highest BCUT2D eigenvalue weighted by Gasteiger charge is 2.13. The van der Waals surface area contributed by atoms with Crippen molar-refractivity contribution in [3.05, 3.63) is 65.3 Å². The summed E-state index contributed by atoms with van der Waals surface area (Å²) in [5, 5.41) is 13.6. The molecule has 0 amide bonds. The molecule has 0 spiro atoms. The van der Waals surface area contributed by atoms with E-state index >= 15 is 0 Å². The number of nitrogens with zero attached hydrogens (tertiary/aromatic N) is 1. The van der Waals surface area contributed by atoms with Crippen molar-refractivity contribution >= 4 is 21.4 Å². The number of aromatic nitrogens is 1. The molecule has 0 aliphatic carbocycles. The minimum absolute atomic E-state index is 0.455. The van der Waals surface area contributed by atoms with Gasteiger partial charge in [-0.1, -0.05) is 18.2 Å². The smallest absolute Gasteiger partial charge is 0.0844 e. The minimum atomic E-state index is -0.455. The molecule has 2 aromatic heterocycles. The lowest BCUT2D eigenvalue weighted by Crippen LogP contribution is -2.00. The topological polar surface area (TPSA) is 33.1 Å². The number of benzene rings is 1. The third kappa shape index (κ3) is 2.15. The first-order valence-corrected chi connectivity index (χ1v) is 6.75. The fraction of sp³-hybridized carbons (Fsp3) is 0.133. The van der Waals surface area contributed by atoms with Gasteiger partial charge in [0.05, 0.1) is 6.10 Å². The highest BCUT2D eigenvalue weighted by Crippen LogP contribution is 2.31. The van der Waals surface area contributed by atoms with E-state index in [4.69, 9.17) is 0 Å². The first kappa shape index (κ1) is 11.4. The van der Waals surface area contributed by atoms with Crippen LogP contribution in [-0.2, 0) is 6.42 Å². The van der Waals surface area contributed by atoms with Crippen LogP contribution in [0.3, 0.4) is 0 Å². The van der Waals surface area contributed by atoms with E-state index in [0.29, 0.717) is 6.42 Å². The number of hydrogen-bond acceptors (Lipinski definition) is 3. The van der Waals surface area contributed by atoms with Gasteiger partial charge in [-0.05, 0) is 40.1 Å². The van der Waals surface area contributed by atoms with Crippen LogP contribution in [-0.4, -0.2) is 10.1 Å². The van der Waals surface area contributed by atoms with Gasteiger partial charge in [0.2, 0.25) is 0 Å². The van der Waals surface area contributed by atoms with Crippen molar-refractivity contribution < 1.29 is 5.11 Å². The molecule has 0 bridgehead atoms. The Morgan fingerprint density at radius 3 is 2.72 bits per heavy atom. The average Bonchev–Trinajstić information content (AvgIpc) is 2.84. The maximum absolute atomic E-state index is 10.3. The van der Waals surface area contributed by atoms with Gasteiger partial charge in [-0.15, -0.1) is 11.3 Å². The number of fused-ring (bicyclic) bond motifs is 1. The molecule has 0 saturated heterocycles. The molecule has 1 atom stereocenters. The third-order valence-electron chi connectivity index (χ3n) is 3.05. The summed E-state index contributed by atoms with van der Waals surface area (Å²) in [6, 6.07) is 12.1. The van der Waals surface area contributed by atoms with Crippen molar-refractivity contribution in [2.75, 3.05) is 0 Å². The van der Waals surface area contributed by atoms with Crippen LogP contribution in [0.25, 0.3) is 10.1 Å². The molecule has 0 saturated carbocycles. The Morgan fingerprint density at radius 1 is 1.11 bits per heavy atom. The molecule has 2 heterocycles. The van der Waals surface area contributed by atoms with Gasteiger partial charge in [0.25, 0.3) is 0 Å². The van der Waals surface area contributed by atoms with Gasteiger partial charge in [-0.25, -0.2) is 0 Å². The molecule has 1 N–H and O–H groups in total. The second-order valence-corrected chi connectivity index (χ2v) is 5.17. The Hall–Kier alpha value is -1.71. The van der Waals surface area contributed by atoms with Crippen LogP contribution in [0, 0.1) is 0 Å². The maximum atomic E-state index is 10.3. The minimum Gasteiger partial charge on any atom is -0.388 e. The largest absolute Gasteiger partial charge is 0.388 e. The molecule has 0 aliphatic heterocycles. The molecular formula is C15H13NOS. The van der Waals surface area contributed by atoms with Gasteiger partial charge in [0, 0.05) is 23.5 Å². The quantitative estimate of drug-likeness (QED) is 0.776. The van der Waals surface area contributed by atoms with Crippen LogP contribution in [0.5, 0.6) is 0 Å². The highest BCUT2D eigenvalue weighted by molar-refractivity contribution is 7.17. The Labute approximate surface area is 110 Å². The van der Waals surface area contributed by atoms with E-state index in [1.54, 1.807) is 23.7 Å². The van der Waals surface area contributed by atoms with E-state index in [1.807, 2.05) is 24.3 Å². The molecule has 0 fully saturated rings. The first-order chi connectivity index (χ1) is 8.84. The summed E-state index contributed by atoms with van der Waals surface area (Å²) in [5.41, 5.74) is 2.13. The lowest BCUT2D eigenvalue weighted by Gasteiger charge is -2.09. The van der Waals surface area contributed by atoms with Gasteiger partial charge < -0.3 is 5.11 Å². The molecule has 18 heavy (non-hydrogen) atoms. The van der Waals surface area contributed by atoms with Gasteiger partial charge >= 0.3 is 0 Å². The van der Waals surface area contributed by atoms with Crippen molar-refractivity contribution in [1.82, 2.24) is 4.98 Å². The van der Waals surface area contributed by atoms with Crippen LogP contribution in [0.4, 0.5) is 0 Å². The highest BCUT2D eigenvalue weighted by atomic mass is 32.1. The van der Waals surface area contributed by atoms with Crippen LogP contribution in [0.1, 0.15) is 17.2 Å². The second-order valence-electron chi connectivity index (χ2n) is 4.26. The summed E-state index contributed by atoms with van der Waals surface area (Å²) < 4.78 is 1.22. The Balaban J connectivity index is 1.90. The van der Waals surface area contributed by atoms with E-state index in [9.17, 15) is 5.11 Å². The predicted molar refractivity (Wildman–Crippen MR) is 74.7 cm³/mol. The molecular weight excluding hydrogens is 242 g/mol. The summed E-state index contributed by atoms with van der Waals surface area (Å²) in [6.45, 7) is 0. The van der Waals surface area contributed by atoms with E-state index < -0.39 is 6.10 Å². The van der Waals surface area contributed by atoms with Gasteiger partial charge in [0.15, 0.2) is 0 Å². The average molecular weight is 255 g/mol. The molecule has 0 radical (unpaired) electrons. The second kappa shape index (κ2) is 4.88. The van der Waals surface area contributed by atoms with Crippen LogP contribution >= 0.6 is 11.3 Å². The van der Waals surface area contributed by atoms with Crippen molar-refractivity contribution in [1.29, 1.82) is 0 Å². The molecule has 1 aromatic carbocycles. The monoisotopic (exact) mass is 255 g/mol. The van der Waals surface area contributed by atoms with E-state index in [-0.39, 0.29) is 0 Å².